The topological polar surface area (TPSA) is 63.2 Å². The molecule has 2 amide bonds. The van der Waals surface area contributed by atoms with Crippen LogP contribution in [-0.4, -0.2) is 21.8 Å². The predicted molar refractivity (Wildman–Crippen MR) is 82.3 cm³/mol. The highest BCUT2D eigenvalue weighted by Crippen LogP contribution is 2.26. The van der Waals surface area contributed by atoms with E-state index in [0.717, 1.165) is 21.7 Å². The maximum absolute atomic E-state index is 12.5. The Hall–Kier alpha value is -2.56. The van der Waals surface area contributed by atoms with Crippen LogP contribution in [0.15, 0.2) is 36.5 Å². The van der Waals surface area contributed by atoms with Crippen LogP contribution in [0, 0.1) is 19.8 Å². The number of aromatic nitrogens is 2. The highest BCUT2D eigenvalue weighted by atomic mass is 16.2. The molecule has 2 heterocycles. The summed E-state index contributed by atoms with van der Waals surface area (Å²) >= 11 is 0. The van der Waals surface area contributed by atoms with Gasteiger partial charge in [0.2, 0.25) is 17.8 Å². The van der Waals surface area contributed by atoms with E-state index in [0.29, 0.717) is 6.42 Å². The Labute approximate surface area is 129 Å². The summed E-state index contributed by atoms with van der Waals surface area (Å²) in [5, 5.41) is 0. The smallest absolute Gasteiger partial charge is 0.240 e. The van der Waals surface area contributed by atoms with E-state index in [-0.39, 0.29) is 30.1 Å². The van der Waals surface area contributed by atoms with Gasteiger partial charge in [-0.15, -0.1) is 0 Å². The van der Waals surface area contributed by atoms with Gasteiger partial charge in [0.15, 0.2) is 0 Å². The molecule has 0 radical (unpaired) electrons. The number of carbonyl (C=O) groups excluding carboxylic acids is 2. The molecule has 1 aliphatic heterocycles. The third kappa shape index (κ3) is 2.74. The summed E-state index contributed by atoms with van der Waals surface area (Å²) in [6.07, 6.45) is 2.34. The van der Waals surface area contributed by atoms with Gasteiger partial charge in [-0.1, -0.05) is 29.8 Å². The number of imide groups is 1. The Morgan fingerprint density at radius 3 is 2.77 bits per heavy atom. The van der Waals surface area contributed by atoms with Gasteiger partial charge in [0.1, 0.15) is 0 Å². The van der Waals surface area contributed by atoms with Crippen molar-refractivity contribution in [1.82, 2.24) is 9.97 Å². The number of nitrogens with zero attached hydrogens (tertiary/aromatic N) is 3. The fourth-order valence-electron chi connectivity index (χ4n) is 2.73. The van der Waals surface area contributed by atoms with E-state index < -0.39 is 0 Å². The molecule has 1 fully saturated rings. The quantitative estimate of drug-likeness (QED) is 0.814. The fourth-order valence-corrected chi connectivity index (χ4v) is 2.73. The molecule has 1 aromatic heterocycles. The first kappa shape index (κ1) is 14.4. The van der Waals surface area contributed by atoms with Gasteiger partial charge >= 0.3 is 0 Å². The first-order chi connectivity index (χ1) is 10.5. The van der Waals surface area contributed by atoms with Crippen molar-refractivity contribution in [3.05, 3.63) is 53.3 Å². The largest absolute Gasteiger partial charge is 0.274 e. The van der Waals surface area contributed by atoms with Gasteiger partial charge in [-0.3, -0.25) is 9.59 Å². The Balaban J connectivity index is 1.82. The third-order valence-electron chi connectivity index (χ3n) is 3.79. The molecule has 2 aromatic rings. The van der Waals surface area contributed by atoms with Crippen LogP contribution >= 0.6 is 0 Å². The number of hydrogen-bond donors (Lipinski definition) is 0. The van der Waals surface area contributed by atoms with E-state index in [1.807, 2.05) is 31.2 Å². The monoisotopic (exact) mass is 295 g/mol. The molecule has 0 saturated carbocycles. The Morgan fingerprint density at radius 1 is 1.23 bits per heavy atom. The minimum Gasteiger partial charge on any atom is -0.274 e. The molecule has 112 valence electrons. The van der Waals surface area contributed by atoms with Gasteiger partial charge in [0.05, 0.1) is 5.92 Å². The predicted octanol–water partition coefficient (Wildman–Crippen LogP) is 2.22. The van der Waals surface area contributed by atoms with Crippen molar-refractivity contribution in [2.75, 3.05) is 4.90 Å². The number of carbonyl (C=O) groups is 2. The first-order valence-corrected chi connectivity index (χ1v) is 7.26. The van der Waals surface area contributed by atoms with Gasteiger partial charge in [-0.2, -0.15) is 0 Å². The molecule has 1 unspecified atom stereocenters. The number of anilines is 1. The lowest BCUT2D eigenvalue weighted by Gasteiger charge is -2.13. The Morgan fingerprint density at radius 2 is 2.05 bits per heavy atom. The van der Waals surface area contributed by atoms with E-state index in [4.69, 9.17) is 0 Å². The van der Waals surface area contributed by atoms with E-state index in [1.165, 1.54) is 0 Å². The molecule has 3 rings (SSSR count). The molecule has 0 aliphatic carbocycles. The minimum atomic E-state index is -0.335. The van der Waals surface area contributed by atoms with E-state index in [1.54, 1.807) is 19.2 Å². The maximum atomic E-state index is 12.5. The van der Waals surface area contributed by atoms with Crippen LogP contribution in [0.2, 0.25) is 0 Å². The lowest BCUT2D eigenvalue weighted by molar-refractivity contribution is -0.122. The molecule has 0 N–H and O–H groups in total. The number of aryl methyl sites for hydroxylation is 2. The molecule has 1 aliphatic rings. The summed E-state index contributed by atoms with van der Waals surface area (Å²) in [4.78, 5) is 34.1. The summed E-state index contributed by atoms with van der Waals surface area (Å²) in [6.45, 7) is 3.82. The van der Waals surface area contributed by atoms with Gasteiger partial charge in [-0.25, -0.2) is 14.9 Å². The van der Waals surface area contributed by atoms with Crippen LogP contribution in [0.4, 0.5) is 5.95 Å². The SMILES string of the molecule is Cc1cccc(CC2CC(=O)N(c3nccc(C)n3)C2=O)c1. The van der Waals surface area contributed by atoms with Crippen LogP contribution in [0.3, 0.4) is 0 Å². The van der Waals surface area contributed by atoms with Crippen molar-refractivity contribution in [1.29, 1.82) is 0 Å². The fraction of sp³-hybridized carbons (Fsp3) is 0.294. The molecule has 1 aromatic carbocycles. The number of amides is 2. The van der Waals surface area contributed by atoms with Crippen molar-refractivity contribution in [2.45, 2.75) is 26.7 Å². The molecule has 5 heteroatoms. The summed E-state index contributed by atoms with van der Waals surface area (Å²) in [5.41, 5.74) is 2.94. The van der Waals surface area contributed by atoms with E-state index >= 15 is 0 Å². The van der Waals surface area contributed by atoms with Crippen LogP contribution in [0.1, 0.15) is 23.2 Å². The second-order valence-electron chi connectivity index (χ2n) is 5.66. The van der Waals surface area contributed by atoms with E-state index in [2.05, 4.69) is 9.97 Å². The number of rotatable bonds is 3. The van der Waals surface area contributed by atoms with Crippen molar-refractivity contribution in [3.8, 4) is 0 Å². The number of benzene rings is 1. The zero-order valence-corrected chi connectivity index (χ0v) is 12.6. The van der Waals surface area contributed by atoms with Crippen LogP contribution < -0.4 is 4.90 Å². The maximum Gasteiger partial charge on any atom is 0.240 e. The van der Waals surface area contributed by atoms with Gasteiger partial charge in [-0.05, 0) is 31.9 Å². The van der Waals surface area contributed by atoms with Crippen molar-refractivity contribution >= 4 is 17.8 Å². The first-order valence-electron chi connectivity index (χ1n) is 7.26. The van der Waals surface area contributed by atoms with Crippen molar-refractivity contribution in [3.63, 3.8) is 0 Å². The molecule has 0 bridgehead atoms. The average molecular weight is 295 g/mol. The molecule has 0 spiro atoms. The summed E-state index contributed by atoms with van der Waals surface area (Å²) in [5.74, 6) is -0.592. The third-order valence-corrected chi connectivity index (χ3v) is 3.79. The van der Waals surface area contributed by atoms with Gasteiger partial charge in [0.25, 0.3) is 0 Å². The standard InChI is InChI=1S/C17H17N3O2/c1-11-4-3-5-13(8-11)9-14-10-15(21)20(16(14)22)17-18-7-6-12(2)19-17/h3-8,14H,9-10H2,1-2H3. The van der Waals surface area contributed by atoms with Gasteiger partial charge in [0, 0.05) is 18.3 Å². The van der Waals surface area contributed by atoms with Crippen LogP contribution in [0.5, 0.6) is 0 Å². The van der Waals surface area contributed by atoms with Gasteiger partial charge < -0.3 is 0 Å². The van der Waals surface area contributed by atoms with Crippen molar-refractivity contribution < 1.29 is 9.59 Å². The Kier molecular flexibility index (Phi) is 3.71. The lowest BCUT2D eigenvalue weighted by atomic mass is 9.97. The van der Waals surface area contributed by atoms with Crippen molar-refractivity contribution in [2.24, 2.45) is 5.92 Å². The Bertz CT molecular complexity index is 742. The van der Waals surface area contributed by atoms with E-state index in [9.17, 15) is 9.59 Å². The second-order valence-corrected chi connectivity index (χ2v) is 5.66. The molecule has 1 atom stereocenters. The molecular weight excluding hydrogens is 278 g/mol. The minimum absolute atomic E-state index is 0.182. The summed E-state index contributed by atoms with van der Waals surface area (Å²) < 4.78 is 0. The average Bonchev–Trinajstić information content (AvgIpc) is 2.73. The lowest BCUT2D eigenvalue weighted by Crippen LogP contribution is -2.32. The highest BCUT2D eigenvalue weighted by molar-refractivity contribution is 6.20. The number of hydrogen-bond acceptors (Lipinski definition) is 4. The molecular formula is C17H17N3O2. The van der Waals surface area contributed by atoms with Crippen LogP contribution in [0.25, 0.3) is 0 Å². The normalized spacial score (nSPS) is 18.1. The highest BCUT2D eigenvalue weighted by Gasteiger charge is 2.40. The van der Waals surface area contributed by atoms with Crippen LogP contribution in [-0.2, 0) is 16.0 Å². The molecule has 1 saturated heterocycles. The molecule has 22 heavy (non-hydrogen) atoms. The zero-order chi connectivity index (χ0) is 15.7. The summed E-state index contributed by atoms with van der Waals surface area (Å²) in [6, 6.07) is 9.74. The second kappa shape index (κ2) is 5.67. The summed E-state index contributed by atoms with van der Waals surface area (Å²) in [7, 11) is 0. The molecule has 5 nitrogen and oxygen atoms in total. The zero-order valence-electron chi connectivity index (χ0n) is 12.6.